The minimum absolute atomic E-state index is 0.0142. The van der Waals surface area contributed by atoms with E-state index >= 15 is 0 Å². The SMILES string of the molecule is O=C(Cn1cnc2ccccc2c1=O)NC1CCC(n2cncn2)CC1. The highest BCUT2D eigenvalue weighted by Gasteiger charge is 2.24. The molecule has 2 heterocycles. The molecule has 0 radical (unpaired) electrons. The summed E-state index contributed by atoms with van der Waals surface area (Å²) in [7, 11) is 0. The number of benzene rings is 1. The summed E-state index contributed by atoms with van der Waals surface area (Å²) in [5, 5.41) is 7.75. The van der Waals surface area contributed by atoms with Gasteiger partial charge in [0.2, 0.25) is 5.91 Å². The Balaban J connectivity index is 1.36. The van der Waals surface area contributed by atoms with Crippen LogP contribution in [-0.4, -0.2) is 36.3 Å². The van der Waals surface area contributed by atoms with Gasteiger partial charge in [-0.3, -0.25) is 14.2 Å². The standard InChI is InChI=1S/C18H20N6O2/c25-17(9-23-12-20-16-4-2-1-3-15(16)18(23)26)22-13-5-7-14(8-6-13)24-11-19-10-21-24/h1-4,10-14H,5-9H2,(H,22,25). The van der Waals surface area contributed by atoms with E-state index in [9.17, 15) is 9.59 Å². The summed E-state index contributed by atoms with van der Waals surface area (Å²) in [6, 6.07) is 7.62. The smallest absolute Gasteiger partial charge is 0.261 e. The molecule has 1 aliphatic rings. The average molecular weight is 352 g/mol. The van der Waals surface area contributed by atoms with Crippen LogP contribution in [0.25, 0.3) is 10.9 Å². The molecule has 8 nitrogen and oxygen atoms in total. The number of hydrogen-bond donors (Lipinski definition) is 1. The van der Waals surface area contributed by atoms with Crippen molar-refractivity contribution in [3.8, 4) is 0 Å². The van der Waals surface area contributed by atoms with Crippen molar-refractivity contribution in [3.05, 3.63) is 53.6 Å². The fourth-order valence-electron chi connectivity index (χ4n) is 3.54. The van der Waals surface area contributed by atoms with Gasteiger partial charge in [0.1, 0.15) is 19.2 Å². The van der Waals surface area contributed by atoms with Crippen LogP contribution in [-0.2, 0) is 11.3 Å². The lowest BCUT2D eigenvalue weighted by molar-refractivity contribution is -0.122. The minimum atomic E-state index is -0.194. The molecule has 1 amide bonds. The largest absolute Gasteiger partial charge is 0.352 e. The van der Waals surface area contributed by atoms with Gasteiger partial charge in [-0.05, 0) is 37.8 Å². The van der Waals surface area contributed by atoms with Crippen LogP contribution in [0.5, 0.6) is 0 Å². The van der Waals surface area contributed by atoms with Crippen molar-refractivity contribution in [1.82, 2.24) is 29.6 Å². The van der Waals surface area contributed by atoms with E-state index in [1.807, 2.05) is 10.7 Å². The first-order valence-corrected chi connectivity index (χ1v) is 8.78. The third-order valence-electron chi connectivity index (χ3n) is 4.92. The molecular formula is C18H20N6O2. The Labute approximate surface area is 149 Å². The zero-order valence-corrected chi connectivity index (χ0v) is 14.3. The topological polar surface area (TPSA) is 94.7 Å². The van der Waals surface area contributed by atoms with Crippen LogP contribution < -0.4 is 10.9 Å². The predicted octanol–water partition coefficient (Wildman–Crippen LogP) is 1.29. The molecule has 0 unspecified atom stereocenters. The third-order valence-corrected chi connectivity index (χ3v) is 4.92. The summed E-state index contributed by atoms with van der Waals surface area (Å²) in [6.07, 6.45) is 8.40. The fraction of sp³-hybridized carbons (Fsp3) is 0.389. The Hall–Kier alpha value is -3.03. The Morgan fingerprint density at radius 3 is 2.73 bits per heavy atom. The van der Waals surface area contributed by atoms with Crippen LogP contribution >= 0.6 is 0 Å². The van der Waals surface area contributed by atoms with E-state index in [-0.39, 0.29) is 24.1 Å². The molecule has 0 saturated heterocycles. The molecule has 1 saturated carbocycles. The second-order valence-electron chi connectivity index (χ2n) is 6.64. The molecule has 1 N–H and O–H groups in total. The van der Waals surface area contributed by atoms with Crippen molar-refractivity contribution in [2.24, 2.45) is 0 Å². The zero-order valence-electron chi connectivity index (χ0n) is 14.3. The van der Waals surface area contributed by atoms with E-state index in [2.05, 4.69) is 20.4 Å². The van der Waals surface area contributed by atoms with Gasteiger partial charge in [-0.25, -0.2) is 14.6 Å². The van der Waals surface area contributed by atoms with Crippen LogP contribution in [0.15, 0.2) is 48.0 Å². The minimum Gasteiger partial charge on any atom is -0.352 e. The number of carbonyl (C=O) groups is 1. The average Bonchev–Trinajstić information content (AvgIpc) is 3.20. The van der Waals surface area contributed by atoms with Crippen molar-refractivity contribution in [3.63, 3.8) is 0 Å². The van der Waals surface area contributed by atoms with E-state index in [1.54, 1.807) is 30.9 Å². The van der Waals surface area contributed by atoms with Crippen molar-refractivity contribution in [2.45, 2.75) is 44.3 Å². The lowest BCUT2D eigenvalue weighted by Crippen LogP contribution is -2.41. The predicted molar refractivity (Wildman–Crippen MR) is 95.5 cm³/mol. The third kappa shape index (κ3) is 3.35. The normalized spacial score (nSPS) is 20.2. The van der Waals surface area contributed by atoms with E-state index in [0.29, 0.717) is 16.9 Å². The van der Waals surface area contributed by atoms with Gasteiger partial charge in [-0.1, -0.05) is 12.1 Å². The first-order chi connectivity index (χ1) is 12.7. The van der Waals surface area contributed by atoms with Crippen molar-refractivity contribution in [2.75, 3.05) is 0 Å². The molecule has 134 valence electrons. The number of fused-ring (bicyclic) bond motifs is 1. The Bertz CT molecular complexity index is 957. The van der Waals surface area contributed by atoms with Crippen LogP contribution in [0.1, 0.15) is 31.7 Å². The molecule has 26 heavy (non-hydrogen) atoms. The molecule has 0 bridgehead atoms. The van der Waals surface area contributed by atoms with E-state index in [0.717, 1.165) is 25.7 Å². The zero-order chi connectivity index (χ0) is 17.9. The highest BCUT2D eigenvalue weighted by Crippen LogP contribution is 2.27. The van der Waals surface area contributed by atoms with E-state index < -0.39 is 0 Å². The quantitative estimate of drug-likeness (QED) is 0.763. The maximum Gasteiger partial charge on any atom is 0.261 e. The number of carbonyl (C=O) groups excluding carboxylic acids is 1. The van der Waals surface area contributed by atoms with Gasteiger partial charge >= 0.3 is 0 Å². The molecule has 0 spiro atoms. The summed E-state index contributed by atoms with van der Waals surface area (Å²) < 4.78 is 3.25. The molecule has 1 aromatic carbocycles. The lowest BCUT2D eigenvalue weighted by Gasteiger charge is -2.29. The first kappa shape index (κ1) is 16.4. The van der Waals surface area contributed by atoms with Crippen molar-refractivity contribution >= 4 is 16.8 Å². The Morgan fingerprint density at radius 1 is 1.15 bits per heavy atom. The lowest BCUT2D eigenvalue weighted by atomic mass is 9.91. The van der Waals surface area contributed by atoms with Gasteiger partial charge < -0.3 is 5.32 Å². The van der Waals surface area contributed by atoms with Gasteiger partial charge in [-0.15, -0.1) is 0 Å². The maximum absolute atomic E-state index is 12.5. The highest BCUT2D eigenvalue weighted by molar-refractivity contribution is 5.79. The van der Waals surface area contributed by atoms with Crippen molar-refractivity contribution < 1.29 is 4.79 Å². The summed E-state index contributed by atoms with van der Waals surface area (Å²) in [5.74, 6) is -0.159. The number of nitrogens with zero attached hydrogens (tertiary/aromatic N) is 5. The maximum atomic E-state index is 12.5. The second-order valence-corrected chi connectivity index (χ2v) is 6.64. The van der Waals surface area contributed by atoms with E-state index in [4.69, 9.17) is 0 Å². The fourth-order valence-corrected chi connectivity index (χ4v) is 3.54. The van der Waals surface area contributed by atoms with Gasteiger partial charge in [-0.2, -0.15) is 5.10 Å². The molecular weight excluding hydrogens is 332 g/mol. The van der Waals surface area contributed by atoms with E-state index in [1.165, 1.54) is 10.9 Å². The summed E-state index contributed by atoms with van der Waals surface area (Å²) in [5.41, 5.74) is 0.446. The molecule has 4 rings (SSSR count). The van der Waals surface area contributed by atoms with Gasteiger partial charge in [0.05, 0.1) is 23.3 Å². The van der Waals surface area contributed by atoms with Crippen LogP contribution in [0.2, 0.25) is 0 Å². The second kappa shape index (κ2) is 7.07. The highest BCUT2D eigenvalue weighted by atomic mass is 16.2. The van der Waals surface area contributed by atoms with Gasteiger partial charge in [0.15, 0.2) is 0 Å². The molecule has 0 aliphatic heterocycles. The number of rotatable bonds is 4. The number of para-hydroxylation sites is 1. The molecule has 2 aromatic heterocycles. The number of hydrogen-bond acceptors (Lipinski definition) is 5. The van der Waals surface area contributed by atoms with Crippen LogP contribution in [0, 0.1) is 0 Å². The summed E-state index contributed by atoms with van der Waals surface area (Å²) in [6.45, 7) is -0.0142. The number of amides is 1. The molecule has 1 fully saturated rings. The first-order valence-electron chi connectivity index (χ1n) is 8.78. The Morgan fingerprint density at radius 2 is 1.96 bits per heavy atom. The van der Waals surface area contributed by atoms with Crippen LogP contribution in [0.3, 0.4) is 0 Å². The Kier molecular flexibility index (Phi) is 4.47. The molecule has 8 heteroatoms. The molecule has 1 aliphatic carbocycles. The van der Waals surface area contributed by atoms with Crippen LogP contribution in [0.4, 0.5) is 0 Å². The van der Waals surface area contributed by atoms with Gasteiger partial charge in [0, 0.05) is 6.04 Å². The monoisotopic (exact) mass is 352 g/mol. The number of aromatic nitrogens is 5. The summed E-state index contributed by atoms with van der Waals surface area (Å²) in [4.78, 5) is 33.0. The summed E-state index contributed by atoms with van der Waals surface area (Å²) >= 11 is 0. The van der Waals surface area contributed by atoms with Crippen molar-refractivity contribution in [1.29, 1.82) is 0 Å². The molecule has 0 atom stereocenters. The molecule has 3 aromatic rings. The van der Waals surface area contributed by atoms with Gasteiger partial charge in [0.25, 0.3) is 5.56 Å². The number of nitrogens with one attached hydrogen (secondary N) is 1.